The van der Waals surface area contributed by atoms with E-state index in [2.05, 4.69) is 15.3 Å². The van der Waals surface area contributed by atoms with E-state index < -0.39 is 18.8 Å². The minimum Gasteiger partial charge on any atom is -0.497 e. The zero-order chi connectivity index (χ0) is 23.3. The van der Waals surface area contributed by atoms with Crippen molar-refractivity contribution < 1.29 is 37.3 Å². The predicted octanol–water partition coefficient (Wildman–Crippen LogP) is 4.54. The molecule has 3 aromatic rings. The molecular weight excluding hydrogens is 431 g/mol. The highest BCUT2D eigenvalue weighted by Crippen LogP contribution is 2.33. The van der Waals surface area contributed by atoms with Crippen LogP contribution in [0.3, 0.4) is 0 Å². The third-order valence-corrected chi connectivity index (χ3v) is 4.19. The number of alkyl halides is 3. The standard InChI is InChI=1S/C21H18F3N3O5/c1-30-15-6-14(7-16(8-15)31-2)27-20-25-9-13(10-26-20)17-4-3-12(19(28)29)5-18(17)32-11-21(22,23)24/h3-10H,11H2,1-2H3,(H,28,29)(H,25,26,27). The summed E-state index contributed by atoms with van der Waals surface area (Å²) in [6.45, 7) is -1.57. The van der Waals surface area contributed by atoms with Gasteiger partial charge in [0.05, 0.1) is 19.8 Å². The highest BCUT2D eigenvalue weighted by molar-refractivity contribution is 5.89. The number of carboxylic acids is 1. The second-order valence-electron chi connectivity index (χ2n) is 6.44. The van der Waals surface area contributed by atoms with Crippen molar-refractivity contribution >= 4 is 17.6 Å². The normalized spacial score (nSPS) is 11.0. The van der Waals surface area contributed by atoms with E-state index in [1.54, 1.807) is 18.2 Å². The quantitative estimate of drug-likeness (QED) is 0.517. The van der Waals surface area contributed by atoms with Gasteiger partial charge in [-0.25, -0.2) is 14.8 Å². The number of benzene rings is 2. The monoisotopic (exact) mass is 449 g/mol. The van der Waals surface area contributed by atoms with Gasteiger partial charge in [0.25, 0.3) is 0 Å². The molecule has 168 valence electrons. The first-order valence-electron chi connectivity index (χ1n) is 9.08. The van der Waals surface area contributed by atoms with Gasteiger partial charge in [-0.1, -0.05) is 0 Å². The molecule has 1 heterocycles. The number of ether oxygens (including phenoxy) is 3. The molecule has 1 aromatic heterocycles. The molecule has 0 amide bonds. The van der Waals surface area contributed by atoms with Crippen LogP contribution < -0.4 is 19.5 Å². The van der Waals surface area contributed by atoms with Crippen LogP contribution in [0.15, 0.2) is 48.8 Å². The second kappa shape index (κ2) is 9.41. The van der Waals surface area contributed by atoms with Crippen molar-refractivity contribution in [3.05, 3.63) is 54.4 Å². The van der Waals surface area contributed by atoms with Gasteiger partial charge in [-0.2, -0.15) is 13.2 Å². The molecule has 0 bridgehead atoms. The van der Waals surface area contributed by atoms with Crippen molar-refractivity contribution in [3.8, 4) is 28.4 Å². The Morgan fingerprint density at radius 2 is 1.66 bits per heavy atom. The first-order valence-corrected chi connectivity index (χ1v) is 9.08. The summed E-state index contributed by atoms with van der Waals surface area (Å²) >= 11 is 0. The SMILES string of the molecule is COc1cc(Nc2ncc(-c3ccc(C(=O)O)cc3OCC(F)(F)F)cn2)cc(OC)c1. The molecular formula is C21H18F3N3O5. The Kier molecular flexibility index (Phi) is 6.67. The molecule has 3 rings (SSSR count). The molecule has 0 aliphatic heterocycles. The third-order valence-electron chi connectivity index (χ3n) is 4.19. The molecule has 0 aliphatic carbocycles. The molecule has 0 saturated heterocycles. The lowest BCUT2D eigenvalue weighted by atomic mass is 10.1. The lowest BCUT2D eigenvalue weighted by Gasteiger charge is -2.14. The summed E-state index contributed by atoms with van der Waals surface area (Å²) in [5, 5.41) is 12.1. The zero-order valence-corrected chi connectivity index (χ0v) is 16.9. The maximum absolute atomic E-state index is 12.6. The number of aromatic nitrogens is 2. The Labute approximate surface area is 180 Å². The summed E-state index contributed by atoms with van der Waals surface area (Å²) in [4.78, 5) is 19.5. The van der Waals surface area contributed by atoms with Gasteiger partial charge in [0.15, 0.2) is 6.61 Å². The summed E-state index contributed by atoms with van der Waals surface area (Å²) in [7, 11) is 3.02. The van der Waals surface area contributed by atoms with E-state index in [1.807, 2.05) is 0 Å². The van der Waals surface area contributed by atoms with Crippen LogP contribution in [-0.4, -0.2) is 48.0 Å². The van der Waals surface area contributed by atoms with Gasteiger partial charge in [0.2, 0.25) is 5.95 Å². The van der Waals surface area contributed by atoms with Crippen molar-refractivity contribution in [3.63, 3.8) is 0 Å². The fourth-order valence-electron chi connectivity index (χ4n) is 2.71. The predicted molar refractivity (Wildman–Crippen MR) is 109 cm³/mol. The molecule has 32 heavy (non-hydrogen) atoms. The number of carbonyl (C=O) groups is 1. The molecule has 0 spiro atoms. The minimum atomic E-state index is -4.58. The van der Waals surface area contributed by atoms with E-state index in [4.69, 9.17) is 19.3 Å². The van der Waals surface area contributed by atoms with Crippen molar-refractivity contribution in [2.45, 2.75) is 6.18 Å². The van der Waals surface area contributed by atoms with Crippen LogP contribution in [0.4, 0.5) is 24.8 Å². The number of nitrogens with zero attached hydrogens (tertiary/aromatic N) is 2. The number of halogens is 3. The highest BCUT2D eigenvalue weighted by Gasteiger charge is 2.29. The van der Waals surface area contributed by atoms with Crippen LogP contribution in [0.1, 0.15) is 10.4 Å². The van der Waals surface area contributed by atoms with Gasteiger partial charge in [-0.05, 0) is 18.2 Å². The smallest absolute Gasteiger partial charge is 0.422 e. The van der Waals surface area contributed by atoms with E-state index in [0.717, 1.165) is 6.07 Å². The molecule has 2 aromatic carbocycles. The Hall–Kier alpha value is -4.02. The average Bonchev–Trinajstić information content (AvgIpc) is 2.77. The fraction of sp³-hybridized carbons (Fsp3) is 0.190. The lowest BCUT2D eigenvalue weighted by Crippen LogP contribution is -2.19. The first-order chi connectivity index (χ1) is 15.2. The van der Waals surface area contributed by atoms with Gasteiger partial charge in [0, 0.05) is 47.4 Å². The molecule has 8 nitrogen and oxygen atoms in total. The van der Waals surface area contributed by atoms with Gasteiger partial charge in [-0.15, -0.1) is 0 Å². The summed E-state index contributed by atoms with van der Waals surface area (Å²) in [6.07, 6.45) is -1.83. The van der Waals surface area contributed by atoms with Gasteiger partial charge in [0.1, 0.15) is 17.2 Å². The van der Waals surface area contributed by atoms with Crippen LogP contribution in [0.5, 0.6) is 17.2 Å². The van der Waals surface area contributed by atoms with Gasteiger partial charge >= 0.3 is 12.1 Å². The second-order valence-corrected chi connectivity index (χ2v) is 6.44. The Balaban J connectivity index is 1.87. The number of anilines is 2. The van der Waals surface area contributed by atoms with Crippen molar-refractivity contribution in [2.24, 2.45) is 0 Å². The number of hydrogen-bond acceptors (Lipinski definition) is 7. The van der Waals surface area contributed by atoms with Crippen molar-refractivity contribution in [1.82, 2.24) is 9.97 Å². The molecule has 0 aliphatic rings. The highest BCUT2D eigenvalue weighted by atomic mass is 19.4. The molecule has 0 radical (unpaired) electrons. The van der Waals surface area contributed by atoms with E-state index in [1.165, 1.54) is 38.7 Å². The maximum atomic E-state index is 12.6. The molecule has 0 saturated carbocycles. The van der Waals surface area contributed by atoms with Crippen LogP contribution in [0.25, 0.3) is 11.1 Å². The maximum Gasteiger partial charge on any atom is 0.422 e. The average molecular weight is 449 g/mol. The number of methoxy groups -OCH3 is 2. The Morgan fingerprint density at radius 3 is 2.19 bits per heavy atom. The fourth-order valence-corrected chi connectivity index (χ4v) is 2.71. The van der Waals surface area contributed by atoms with Crippen LogP contribution in [0.2, 0.25) is 0 Å². The minimum absolute atomic E-state index is 0.211. The third kappa shape index (κ3) is 5.78. The zero-order valence-electron chi connectivity index (χ0n) is 16.9. The summed E-state index contributed by atoms with van der Waals surface area (Å²) in [6, 6.07) is 8.72. The number of rotatable bonds is 8. The molecule has 0 fully saturated rings. The largest absolute Gasteiger partial charge is 0.497 e. The van der Waals surface area contributed by atoms with E-state index >= 15 is 0 Å². The summed E-state index contributed by atoms with van der Waals surface area (Å²) in [5.41, 5.74) is 0.938. The lowest BCUT2D eigenvalue weighted by molar-refractivity contribution is -0.153. The number of nitrogens with one attached hydrogen (secondary N) is 1. The van der Waals surface area contributed by atoms with Crippen LogP contribution in [-0.2, 0) is 0 Å². The van der Waals surface area contributed by atoms with Crippen LogP contribution >= 0.6 is 0 Å². The summed E-state index contributed by atoms with van der Waals surface area (Å²) < 4.78 is 53.1. The molecule has 0 atom stereocenters. The van der Waals surface area contributed by atoms with Gasteiger partial charge in [-0.3, -0.25) is 0 Å². The molecule has 2 N–H and O–H groups in total. The topological polar surface area (TPSA) is 103 Å². The number of hydrogen-bond donors (Lipinski definition) is 2. The van der Waals surface area contributed by atoms with Crippen molar-refractivity contribution in [1.29, 1.82) is 0 Å². The number of aromatic carboxylic acids is 1. The Bertz CT molecular complexity index is 1080. The summed E-state index contributed by atoms with van der Waals surface area (Å²) in [5.74, 6) is -0.229. The van der Waals surface area contributed by atoms with Gasteiger partial charge < -0.3 is 24.6 Å². The van der Waals surface area contributed by atoms with E-state index in [9.17, 15) is 18.0 Å². The number of carboxylic acid groups (broad SMARTS) is 1. The van der Waals surface area contributed by atoms with Crippen LogP contribution in [0, 0.1) is 0 Å². The van der Waals surface area contributed by atoms with E-state index in [0.29, 0.717) is 22.7 Å². The molecule has 11 heteroatoms. The molecule has 0 unspecified atom stereocenters. The first kappa shape index (κ1) is 22.7. The van der Waals surface area contributed by atoms with Crippen molar-refractivity contribution in [2.75, 3.05) is 26.1 Å². The van der Waals surface area contributed by atoms with E-state index in [-0.39, 0.29) is 22.8 Å². The Morgan fingerprint density at radius 1 is 1.03 bits per heavy atom.